The number of rotatable bonds is 6. The van der Waals surface area contributed by atoms with Crippen molar-refractivity contribution in [3.63, 3.8) is 0 Å². The molecule has 0 unspecified atom stereocenters. The van der Waals surface area contributed by atoms with E-state index in [9.17, 15) is 0 Å². The van der Waals surface area contributed by atoms with E-state index in [1.807, 2.05) is 11.3 Å². The van der Waals surface area contributed by atoms with Crippen LogP contribution in [0.2, 0.25) is 0 Å². The largest absolute Gasteiger partial charge is 0.310 e. The van der Waals surface area contributed by atoms with Crippen LogP contribution in [-0.2, 0) is 0 Å². The number of hydrogen-bond acceptors (Lipinski definition) is 2. The Labute approximate surface area is 286 Å². The molecule has 0 bridgehead atoms. The van der Waals surface area contributed by atoms with Gasteiger partial charge in [-0.05, 0) is 88.2 Å². The summed E-state index contributed by atoms with van der Waals surface area (Å²) in [7, 11) is 0. The molecule has 48 heavy (non-hydrogen) atoms. The Morgan fingerprint density at radius 2 is 1.17 bits per heavy atom. The molecule has 9 rings (SSSR count). The Morgan fingerprint density at radius 3 is 2.06 bits per heavy atom. The summed E-state index contributed by atoms with van der Waals surface area (Å²) in [6.07, 6.45) is 6.58. The molecule has 0 radical (unpaired) electrons. The molecule has 1 nitrogen and oxygen atoms in total. The van der Waals surface area contributed by atoms with Gasteiger partial charge in [-0.1, -0.05) is 141 Å². The molecule has 1 heterocycles. The highest BCUT2D eigenvalue weighted by Crippen LogP contribution is 2.47. The van der Waals surface area contributed by atoms with E-state index in [0.29, 0.717) is 5.92 Å². The van der Waals surface area contributed by atoms with Gasteiger partial charge in [-0.3, -0.25) is 0 Å². The molecule has 1 aliphatic carbocycles. The van der Waals surface area contributed by atoms with Gasteiger partial charge in [0, 0.05) is 37.1 Å². The fourth-order valence-electron chi connectivity index (χ4n) is 8.04. The van der Waals surface area contributed by atoms with Gasteiger partial charge in [0.2, 0.25) is 0 Å². The Kier molecular flexibility index (Phi) is 7.52. The van der Waals surface area contributed by atoms with E-state index in [0.717, 1.165) is 11.4 Å². The predicted molar refractivity (Wildman–Crippen MR) is 208 cm³/mol. The zero-order chi connectivity index (χ0) is 31.9. The maximum Gasteiger partial charge on any atom is 0.0540 e. The minimum atomic E-state index is 0.620. The molecule has 0 aliphatic heterocycles. The van der Waals surface area contributed by atoms with Crippen molar-refractivity contribution in [2.75, 3.05) is 4.90 Å². The molecule has 0 atom stereocenters. The Bertz CT molecular complexity index is 2390. The minimum Gasteiger partial charge on any atom is -0.310 e. The minimum absolute atomic E-state index is 0.620. The van der Waals surface area contributed by atoms with Gasteiger partial charge in [-0.15, -0.1) is 11.3 Å². The van der Waals surface area contributed by atoms with Crippen molar-refractivity contribution in [2.45, 2.75) is 38.0 Å². The van der Waals surface area contributed by atoms with Crippen LogP contribution in [0.3, 0.4) is 0 Å². The fraction of sp³-hybridized carbons (Fsp3) is 0.130. The maximum absolute atomic E-state index is 2.45. The topological polar surface area (TPSA) is 3.24 Å². The molecule has 0 saturated heterocycles. The first kappa shape index (κ1) is 29.0. The van der Waals surface area contributed by atoms with Crippen molar-refractivity contribution in [1.82, 2.24) is 0 Å². The first-order valence-electron chi connectivity index (χ1n) is 17.3. The van der Waals surface area contributed by atoms with E-state index in [1.54, 1.807) is 0 Å². The highest BCUT2D eigenvalue weighted by atomic mass is 32.1. The number of fused-ring (bicyclic) bond motifs is 4. The number of hydrogen-bond donors (Lipinski definition) is 0. The lowest BCUT2D eigenvalue weighted by atomic mass is 9.80. The lowest BCUT2D eigenvalue weighted by Crippen LogP contribution is -2.11. The van der Waals surface area contributed by atoms with Crippen molar-refractivity contribution < 1.29 is 0 Å². The SMILES string of the molecule is c1ccc(N(c2cccc(-c3cccc4c3sc3ccccc34)c2)c2ccccc2-c2cccc3cccc(C4CCCCC4)c23)cc1. The lowest BCUT2D eigenvalue weighted by Gasteiger charge is -2.29. The van der Waals surface area contributed by atoms with Crippen LogP contribution < -0.4 is 4.90 Å². The molecule has 0 N–H and O–H groups in total. The lowest BCUT2D eigenvalue weighted by molar-refractivity contribution is 0.445. The summed E-state index contributed by atoms with van der Waals surface area (Å²) in [6, 6.07) is 58.3. The molecule has 1 saturated carbocycles. The van der Waals surface area contributed by atoms with Crippen LogP contribution in [0, 0.1) is 0 Å². The van der Waals surface area contributed by atoms with Gasteiger partial charge < -0.3 is 4.90 Å². The van der Waals surface area contributed by atoms with E-state index in [-0.39, 0.29) is 0 Å². The summed E-state index contributed by atoms with van der Waals surface area (Å²) in [5.41, 5.74) is 10.1. The number of benzene rings is 7. The number of nitrogens with zero attached hydrogens (tertiary/aromatic N) is 1. The quantitative estimate of drug-likeness (QED) is 0.176. The second kappa shape index (κ2) is 12.4. The molecule has 1 aliphatic rings. The van der Waals surface area contributed by atoms with Crippen molar-refractivity contribution >= 4 is 59.3 Å². The number of thiophene rings is 1. The molecular formula is C46H37NS. The molecule has 7 aromatic carbocycles. The highest BCUT2D eigenvalue weighted by molar-refractivity contribution is 7.26. The summed E-state index contributed by atoms with van der Waals surface area (Å²) >= 11 is 1.89. The van der Waals surface area contributed by atoms with Gasteiger partial charge in [0.1, 0.15) is 0 Å². The summed E-state index contributed by atoms with van der Waals surface area (Å²) in [4.78, 5) is 2.45. The summed E-state index contributed by atoms with van der Waals surface area (Å²) in [5, 5.41) is 5.40. The van der Waals surface area contributed by atoms with Gasteiger partial charge in [0.25, 0.3) is 0 Å². The predicted octanol–water partition coefficient (Wildman–Crippen LogP) is 14.1. The standard InChI is InChI=1S/C46H37NS/c1-3-15-32(16-4-1)37-25-12-17-33-18-13-27-41(45(33)37)39-23-7-9-29-43(39)47(35-20-5-2-6-21-35)36-22-11-19-34(31-36)38-26-14-28-42-40-24-8-10-30-44(40)48-46(38)42/h2,5-14,17-32H,1,3-4,15-16H2. The van der Waals surface area contributed by atoms with E-state index in [1.165, 1.54) is 96.6 Å². The van der Waals surface area contributed by atoms with Gasteiger partial charge in [0.05, 0.1) is 5.69 Å². The monoisotopic (exact) mass is 635 g/mol. The van der Waals surface area contributed by atoms with Crippen LogP contribution in [0.5, 0.6) is 0 Å². The second-order valence-corrected chi connectivity index (χ2v) is 14.2. The van der Waals surface area contributed by atoms with Crippen LogP contribution >= 0.6 is 11.3 Å². The van der Waals surface area contributed by atoms with E-state index >= 15 is 0 Å². The van der Waals surface area contributed by atoms with Crippen molar-refractivity contribution in [1.29, 1.82) is 0 Å². The summed E-state index contributed by atoms with van der Waals surface area (Å²) < 4.78 is 2.67. The third-order valence-corrected chi connectivity index (χ3v) is 11.5. The first-order chi connectivity index (χ1) is 23.8. The fourth-order valence-corrected chi connectivity index (χ4v) is 9.27. The van der Waals surface area contributed by atoms with Crippen LogP contribution in [0.1, 0.15) is 43.6 Å². The zero-order valence-electron chi connectivity index (χ0n) is 27.0. The number of para-hydroxylation sites is 2. The smallest absolute Gasteiger partial charge is 0.0540 e. The van der Waals surface area contributed by atoms with Gasteiger partial charge in [-0.2, -0.15) is 0 Å². The Balaban J connectivity index is 1.24. The third-order valence-electron chi connectivity index (χ3n) is 10.3. The zero-order valence-corrected chi connectivity index (χ0v) is 27.8. The van der Waals surface area contributed by atoms with Crippen molar-refractivity contribution in [3.05, 3.63) is 163 Å². The summed E-state index contributed by atoms with van der Waals surface area (Å²) in [6.45, 7) is 0. The van der Waals surface area contributed by atoms with E-state index in [2.05, 4.69) is 163 Å². The average Bonchev–Trinajstić information content (AvgIpc) is 3.55. The molecule has 2 heteroatoms. The molecule has 232 valence electrons. The Morgan fingerprint density at radius 1 is 0.500 bits per heavy atom. The molecule has 8 aromatic rings. The maximum atomic E-state index is 2.45. The first-order valence-corrected chi connectivity index (χ1v) is 18.1. The van der Waals surface area contributed by atoms with Gasteiger partial charge >= 0.3 is 0 Å². The summed E-state index contributed by atoms with van der Waals surface area (Å²) in [5.74, 6) is 0.620. The second-order valence-electron chi connectivity index (χ2n) is 13.1. The van der Waals surface area contributed by atoms with E-state index in [4.69, 9.17) is 0 Å². The highest BCUT2D eigenvalue weighted by Gasteiger charge is 2.23. The molecule has 0 amide bonds. The van der Waals surface area contributed by atoms with Crippen LogP contribution in [0.25, 0.3) is 53.2 Å². The van der Waals surface area contributed by atoms with Gasteiger partial charge in [-0.25, -0.2) is 0 Å². The number of anilines is 3. The molecule has 1 fully saturated rings. The van der Waals surface area contributed by atoms with Crippen molar-refractivity contribution in [3.8, 4) is 22.3 Å². The van der Waals surface area contributed by atoms with Gasteiger partial charge in [0.15, 0.2) is 0 Å². The van der Waals surface area contributed by atoms with Crippen LogP contribution in [-0.4, -0.2) is 0 Å². The normalized spacial score (nSPS) is 13.8. The Hall–Kier alpha value is -5.18. The van der Waals surface area contributed by atoms with Crippen LogP contribution in [0.15, 0.2) is 158 Å². The molecular weight excluding hydrogens is 599 g/mol. The van der Waals surface area contributed by atoms with E-state index < -0.39 is 0 Å². The molecule has 1 aromatic heterocycles. The third kappa shape index (κ3) is 5.09. The van der Waals surface area contributed by atoms with Crippen LogP contribution in [0.4, 0.5) is 17.1 Å². The average molecular weight is 636 g/mol. The van der Waals surface area contributed by atoms with Crippen molar-refractivity contribution in [2.24, 2.45) is 0 Å². The molecule has 0 spiro atoms.